The van der Waals surface area contributed by atoms with Crippen LogP contribution in [0.15, 0.2) is 72.1 Å². The maximum Gasteiger partial charge on any atom is 0.337 e. The second kappa shape index (κ2) is 11.8. The molecule has 224 valence electrons. The monoisotopic (exact) mass is 647 g/mol. The lowest BCUT2D eigenvalue weighted by molar-refractivity contribution is 0.0600. The quantitative estimate of drug-likeness (QED) is 0.137. The topological polar surface area (TPSA) is 73.0 Å². The fourth-order valence-electron chi connectivity index (χ4n) is 5.75. The number of carbonyl (C=O) groups is 1. The van der Waals surface area contributed by atoms with Gasteiger partial charge in [-0.2, -0.15) is 24.1 Å². The molecule has 2 aromatic heterocycles. The molecule has 0 amide bonds. The number of nitrogens with zero attached hydrogens (tertiary/aromatic N) is 3. The molecule has 0 aliphatic carbocycles. The van der Waals surface area contributed by atoms with Gasteiger partial charge in [0.15, 0.2) is 0 Å². The third-order valence-electron chi connectivity index (χ3n) is 8.04. The summed E-state index contributed by atoms with van der Waals surface area (Å²) < 4.78 is 51.5. The number of esters is 1. The van der Waals surface area contributed by atoms with Gasteiger partial charge in [-0.3, -0.25) is 0 Å². The van der Waals surface area contributed by atoms with Gasteiger partial charge in [-0.15, -0.1) is 0 Å². The number of carbonyl (C=O) groups excluding carboxylic acids is 1. The highest BCUT2D eigenvalue weighted by Crippen LogP contribution is 2.48. The molecule has 6 rings (SSSR count). The molecular formula is C33H27ClFN3O4S2. The van der Waals surface area contributed by atoms with Crippen LogP contribution < -0.4 is 0 Å². The first-order valence-electron chi connectivity index (χ1n) is 13.9. The fourth-order valence-corrected chi connectivity index (χ4v) is 8.46. The van der Waals surface area contributed by atoms with Crippen LogP contribution in [0, 0.1) is 18.3 Å². The minimum absolute atomic E-state index is 0.299. The van der Waals surface area contributed by atoms with Crippen molar-refractivity contribution >= 4 is 55.0 Å². The summed E-state index contributed by atoms with van der Waals surface area (Å²) in [4.78, 5) is 15.7. The number of benzene rings is 3. The molecule has 0 N–H and O–H groups in total. The molecule has 3 aromatic carbocycles. The third kappa shape index (κ3) is 5.20. The Morgan fingerprint density at radius 2 is 1.80 bits per heavy atom. The Labute approximate surface area is 264 Å². The van der Waals surface area contributed by atoms with E-state index in [1.165, 1.54) is 51.0 Å². The van der Waals surface area contributed by atoms with Crippen molar-refractivity contribution in [3.8, 4) is 33.5 Å². The van der Waals surface area contributed by atoms with E-state index in [2.05, 4.69) is 11.8 Å². The Hall–Kier alpha value is -4.01. The van der Waals surface area contributed by atoms with Gasteiger partial charge in [0.25, 0.3) is 0 Å². The molecule has 0 bridgehead atoms. The second-order valence-corrected chi connectivity index (χ2v) is 13.8. The first-order chi connectivity index (χ1) is 21.1. The number of piperidine rings is 1. The number of halogens is 2. The van der Waals surface area contributed by atoms with E-state index in [0.717, 1.165) is 12.8 Å². The number of thiophene rings is 1. The second-order valence-electron chi connectivity index (χ2n) is 10.8. The molecule has 0 unspecified atom stereocenters. The summed E-state index contributed by atoms with van der Waals surface area (Å²) in [5.74, 6) is -0.624. The predicted molar refractivity (Wildman–Crippen MR) is 173 cm³/mol. The predicted octanol–water partition coefficient (Wildman–Crippen LogP) is 8.66. The molecule has 0 atom stereocenters. The maximum absolute atomic E-state index is 14.8. The first-order valence-corrected chi connectivity index (χ1v) is 16.6. The van der Waals surface area contributed by atoms with Crippen molar-refractivity contribution in [2.24, 2.45) is 5.92 Å². The van der Waals surface area contributed by atoms with Gasteiger partial charge in [-0.1, -0.05) is 48.9 Å². The van der Waals surface area contributed by atoms with E-state index in [9.17, 15) is 17.6 Å². The van der Waals surface area contributed by atoms with Crippen molar-refractivity contribution in [1.29, 1.82) is 0 Å². The number of ether oxygens (including phenoxy) is 1. The van der Waals surface area contributed by atoms with Crippen LogP contribution in [0.2, 0.25) is 5.02 Å². The summed E-state index contributed by atoms with van der Waals surface area (Å²) in [5, 5.41) is 2.85. The zero-order chi connectivity index (χ0) is 31.2. The van der Waals surface area contributed by atoms with Gasteiger partial charge in [0.05, 0.1) is 30.5 Å². The van der Waals surface area contributed by atoms with Crippen LogP contribution in [-0.2, 0) is 14.9 Å². The first kappa shape index (κ1) is 30.0. The van der Waals surface area contributed by atoms with Gasteiger partial charge >= 0.3 is 16.2 Å². The van der Waals surface area contributed by atoms with Crippen LogP contribution in [0.4, 0.5) is 9.39 Å². The Bertz CT molecular complexity index is 2070. The fraction of sp³-hybridized carbons (Fsp3) is 0.212. The summed E-state index contributed by atoms with van der Waals surface area (Å²) in [6.07, 6.45) is 1.47. The summed E-state index contributed by atoms with van der Waals surface area (Å²) in [7, 11) is -2.83. The molecule has 5 aromatic rings. The van der Waals surface area contributed by atoms with Gasteiger partial charge in [0.1, 0.15) is 5.82 Å². The number of aromatic nitrogens is 1. The smallest absolute Gasteiger partial charge is 0.337 e. The Kier molecular flexibility index (Phi) is 8.07. The summed E-state index contributed by atoms with van der Waals surface area (Å²) in [5.41, 5.74) is 3.79. The molecule has 0 saturated carbocycles. The maximum atomic E-state index is 14.8. The summed E-state index contributed by atoms with van der Waals surface area (Å²) in [6.45, 7) is 10.6. The van der Waals surface area contributed by atoms with E-state index >= 15 is 0 Å². The standard InChI is InChI=1S/C33H27ClFN3O4S2/c1-20-11-14-37(15-12-20)44(40,41)38-29-10-8-24(35)19-27(29)30(26-13-16-43-32(26)36-2)31(38)22-6-4-5-21(17-22)25-9-7-23(18-28(25)34)33(39)42-3/h4-10,13,16-20H,11-12,14-15H2,1,3H3. The minimum Gasteiger partial charge on any atom is -0.465 e. The molecule has 7 nitrogen and oxygen atoms in total. The Balaban J connectivity index is 1.65. The molecule has 3 heterocycles. The van der Waals surface area contributed by atoms with Crippen molar-refractivity contribution in [1.82, 2.24) is 8.28 Å². The summed E-state index contributed by atoms with van der Waals surface area (Å²) in [6, 6.07) is 17.9. The number of fused-ring (bicyclic) bond motifs is 1. The van der Waals surface area contributed by atoms with E-state index in [0.29, 0.717) is 79.0 Å². The van der Waals surface area contributed by atoms with E-state index < -0.39 is 22.0 Å². The molecule has 44 heavy (non-hydrogen) atoms. The van der Waals surface area contributed by atoms with Crippen LogP contribution >= 0.6 is 22.9 Å². The van der Waals surface area contributed by atoms with Crippen LogP contribution in [0.3, 0.4) is 0 Å². The van der Waals surface area contributed by atoms with Crippen LogP contribution in [-0.4, -0.2) is 42.9 Å². The van der Waals surface area contributed by atoms with Crippen molar-refractivity contribution in [3.63, 3.8) is 0 Å². The van der Waals surface area contributed by atoms with Gasteiger partial charge in [-0.25, -0.2) is 18.0 Å². The molecule has 1 saturated heterocycles. The lowest BCUT2D eigenvalue weighted by Gasteiger charge is -2.30. The zero-order valence-corrected chi connectivity index (χ0v) is 26.3. The average Bonchev–Trinajstić information content (AvgIpc) is 3.63. The highest BCUT2D eigenvalue weighted by atomic mass is 35.5. The lowest BCUT2D eigenvalue weighted by Crippen LogP contribution is -2.41. The normalized spacial score (nSPS) is 14.5. The highest BCUT2D eigenvalue weighted by molar-refractivity contribution is 7.87. The molecule has 0 spiro atoms. The minimum atomic E-state index is -4.12. The van der Waals surface area contributed by atoms with E-state index in [1.807, 2.05) is 12.1 Å². The van der Waals surface area contributed by atoms with E-state index in [-0.39, 0.29) is 0 Å². The van der Waals surface area contributed by atoms with Gasteiger partial charge in [0, 0.05) is 45.8 Å². The highest BCUT2D eigenvalue weighted by Gasteiger charge is 2.34. The molecule has 1 fully saturated rings. The van der Waals surface area contributed by atoms with Gasteiger partial charge in [0.2, 0.25) is 5.00 Å². The number of hydrogen-bond donors (Lipinski definition) is 0. The Morgan fingerprint density at radius 1 is 1.05 bits per heavy atom. The largest absolute Gasteiger partial charge is 0.465 e. The van der Waals surface area contributed by atoms with Gasteiger partial charge in [-0.05, 0) is 66.1 Å². The van der Waals surface area contributed by atoms with E-state index in [1.54, 1.807) is 35.7 Å². The van der Waals surface area contributed by atoms with Crippen molar-refractivity contribution < 1.29 is 22.3 Å². The van der Waals surface area contributed by atoms with Crippen molar-refractivity contribution in [2.45, 2.75) is 19.8 Å². The number of methoxy groups -OCH3 is 1. The van der Waals surface area contributed by atoms with Gasteiger partial charge < -0.3 is 4.74 Å². The Morgan fingerprint density at radius 3 is 2.50 bits per heavy atom. The third-order valence-corrected chi connectivity index (χ3v) is 11.0. The molecule has 1 aliphatic rings. The van der Waals surface area contributed by atoms with Crippen molar-refractivity contribution in [3.05, 3.63) is 99.9 Å². The van der Waals surface area contributed by atoms with Crippen LogP contribution in [0.25, 0.3) is 49.3 Å². The van der Waals surface area contributed by atoms with Crippen molar-refractivity contribution in [2.75, 3.05) is 20.2 Å². The number of hydrogen-bond acceptors (Lipinski definition) is 5. The van der Waals surface area contributed by atoms with Crippen LogP contribution in [0.1, 0.15) is 30.1 Å². The summed E-state index contributed by atoms with van der Waals surface area (Å²) >= 11 is 7.87. The van der Waals surface area contributed by atoms with Crippen LogP contribution in [0.5, 0.6) is 0 Å². The lowest BCUT2D eigenvalue weighted by atomic mass is 9.96. The van der Waals surface area contributed by atoms with E-state index in [4.69, 9.17) is 22.9 Å². The molecular weight excluding hydrogens is 621 g/mol. The SMILES string of the molecule is [C-]#[N+]c1sccc1-c1c(-c2cccc(-c3ccc(C(=O)OC)cc3Cl)c2)n(S(=O)(=O)N2CCC(C)CC2)c2ccc(F)cc12. The molecule has 1 aliphatic heterocycles. The molecule has 11 heteroatoms. The average molecular weight is 648 g/mol. The number of rotatable bonds is 6. The zero-order valence-electron chi connectivity index (χ0n) is 23.9. The molecule has 0 radical (unpaired) electrons.